The molecule has 5 nitrogen and oxygen atoms in total. The normalized spacial score (nSPS) is 18.4. The van der Waals surface area contributed by atoms with Gasteiger partial charge < -0.3 is 14.8 Å². The third-order valence-corrected chi connectivity index (χ3v) is 5.85. The number of benzene rings is 2. The Bertz CT molecular complexity index is 958. The van der Waals surface area contributed by atoms with Gasteiger partial charge in [0, 0.05) is 74.1 Å². The minimum absolute atomic E-state index is 0.132. The fourth-order valence-corrected chi connectivity index (χ4v) is 4.24. The molecule has 6 heteroatoms. The highest BCUT2D eigenvalue weighted by molar-refractivity contribution is 5.82. The van der Waals surface area contributed by atoms with Gasteiger partial charge in [0.15, 0.2) is 0 Å². The number of rotatable bonds is 7. The molecule has 0 aliphatic carbocycles. The van der Waals surface area contributed by atoms with Crippen molar-refractivity contribution >= 4 is 10.9 Å². The predicted octanol–water partition coefficient (Wildman–Crippen LogP) is 3.38. The number of nitrogens with zero attached hydrogens (tertiary/aromatic N) is 2. The fraction of sp³-hybridized carbons (Fsp3) is 0.391. The number of aromatic nitrogens is 1. The van der Waals surface area contributed by atoms with Gasteiger partial charge in [0.25, 0.3) is 0 Å². The first-order chi connectivity index (χ1) is 14.2. The molecule has 154 valence electrons. The van der Waals surface area contributed by atoms with E-state index >= 15 is 0 Å². The first kappa shape index (κ1) is 19.9. The van der Waals surface area contributed by atoms with E-state index in [1.165, 1.54) is 17.0 Å². The van der Waals surface area contributed by atoms with Crippen molar-refractivity contribution in [1.82, 2.24) is 14.8 Å². The third-order valence-electron chi connectivity index (χ3n) is 5.85. The lowest BCUT2D eigenvalue weighted by molar-refractivity contribution is 0.0495. The fourth-order valence-electron chi connectivity index (χ4n) is 4.24. The summed E-state index contributed by atoms with van der Waals surface area (Å²) < 4.78 is 19.5. The van der Waals surface area contributed by atoms with E-state index in [2.05, 4.69) is 39.2 Å². The first-order valence-corrected chi connectivity index (χ1v) is 10.1. The van der Waals surface area contributed by atoms with Gasteiger partial charge in [-0.2, -0.15) is 0 Å². The highest BCUT2D eigenvalue weighted by Crippen LogP contribution is 2.24. The van der Waals surface area contributed by atoms with Gasteiger partial charge in [-0.05, 0) is 24.1 Å². The number of halogens is 1. The maximum Gasteiger partial charge on any atom is 0.131 e. The minimum atomic E-state index is -0.242. The van der Waals surface area contributed by atoms with Crippen LogP contribution in [-0.4, -0.2) is 59.3 Å². The monoisotopic (exact) mass is 397 g/mol. The quantitative estimate of drug-likeness (QED) is 0.642. The molecule has 0 bridgehead atoms. The molecular formula is C23H28FN3O2. The van der Waals surface area contributed by atoms with Gasteiger partial charge in [-0.3, -0.25) is 9.80 Å². The van der Waals surface area contributed by atoms with Crippen LogP contribution in [0.25, 0.3) is 10.9 Å². The molecule has 0 spiro atoms. The molecule has 1 atom stereocenters. The first-order valence-electron chi connectivity index (χ1n) is 10.1. The lowest BCUT2D eigenvalue weighted by atomic mass is 10.1. The van der Waals surface area contributed by atoms with Crippen molar-refractivity contribution in [2.75, 3.05) is 33.4 Å². The molecule has 1 fully saturated rings. The summed E-state index contributed by atoms with van der Waals surface area (Å²) in [7, 11) is 1.54. The van der Waals surface area contributed by atoms with Crippen molar-refractivity contribution in [3.8, 4) is 5.75 Å². The number of aromatic amines is 1. The zero-order valence-corrected chi connectivity index (χ0v) is 16.8. The summed E-state index contributed by atoms with van der Waals surface area (Å²) in [6.45, 7) is 4.17. The van der Waals surface area contributed by atoms with Gasteiger partial charge in [-0.15, -0.1) is 0 Å². The molecule has 3 aromatic rings. The van der Waals surface area contributed by atoms with Crippen LogP contribution in [0.3, 0.4) is 0 Å². The van der Waals surface area contributed by atoms with Gasteiger partial charge in [-0.1, -0.05) is 24.3 Å². The van der Waals surface area contributed by atoms with Crippen LogP contribution in [0, 0.1) is 5.82 Å². The predicted molar refractivity (Wildman–Crippen MR) is 112 cm³/mol. The molecule has 1 aliphatic heterocycles. The average molecular weight is 397 g/mol. The Kier molecular flexibility index (Phi) is 6.13. The lowest BCUT2D eigenvalue weighted by Crippen LogP contribution is -2.52. The summed E-state index contributed by atoms with van der Waals surface area (Å²) in [6, 6.07) is 13.6. The molecule has 29 heavy (non-hydrogen) atoms. The Morgan fingerprint density at radius 1 is 1.14 bits per heavy atom. The zero-order chi connectivity index (χ0) is 20.2. The van der Waals surface area contributed by atoms with Crippen molar-refractivity contribution in [2.45, 2.75) is 25.6 Å². The zero-order valence-electron chi connectivity index (χ0n) is 16.8. The van der Waals surface area contributed by atoms with Crippen molar-refractivity contribution in [2.24, 2.45) is 0 Å². The number of para-hydroxylation sites is 1. The summed E-state index contributed by atoms with van der Waals surface area (Å²) in [5.41, 5.74) is 3.11. The molecule has 2 aromatic carbocycles. The van der Waals surface area contributed by atoms with Gasteiger partial charge in [0.2, 0.25) is 0 Å². The molecule has 1 aliphatic rings. The van der Waals surface area contributed by atoms with Gasteiger partial charge in [0.05, 0.1) is 7.11 Å². The molecule has 0 unspecified atom stereocenters. The van der Waals surface area contributed by atoms with E-state index in [1.807, 2.05) is 6.07 Å². The van der Waals surface area contributed by atoms with Gasteiger partial charge in [-0.25, -0.2) is 4.39 Å². The number of nitrogens with one attached hydrogen (secondary N) is 1. The smallest absolute Gasteiger partial charge is 0.131 e. The topological polar surface area (TPSA) is 51.7 Å². The van der Waals surface area contributed by atoms with E-state index in [9.17, 15) is 9.50 Å². The summed E-state index contributed by atoms with van der Waals surface area (Å²) in [4.78, 5) is 8.05. The number of methoxy groups -OCH3 is 1. The molecule has 0 amide bonds. The second-order valence-corrected chi connectivity index (χ2v) is 7.69. The Hall–Kier alpha value is -2.41. The SMILES string of the molecule is COc1ccc(CN2CCN(Cc3c[nH]c4ccccc34)C[C@@H]2CCO)c(F)c1. The highest BCUT2D eigenvalue weighted by atomic mass is 19.1. The van der Waals surface area contributed by atoms with E-state index in [-0.39, 0.29) is 18.5 Å². The van der Waals surface area contributed by atoms with Crippen molar-refractivity contribution < 1.29 is 14.2 Å². The van der Waals surface area contributed by atoms with Crippen molar-refractivity contribution in [3.63, 3.8) is 0 Å². The molecule has 2 N–H and O–H groups in total. The number of piperazine rings is 1. The number of hydrogen-bond donors (Lipinski definition) is 2. The Morgan fingerprint density at radius 2 is 2.00 bits per heavy atom. The Labute approximate surface area is 170 Å². The number of H-pyrrole nitrogens is 1. The molecule has 1 saturated heterocycles. The molecule has 0 saturated carbocycles. The van der Waals surface area contributed by atoms with Crippen LogP contribution in [0.1, 0.15) is 17.5 Å². The van der Waals surface area contributed by atoms with Crippen LogP contribution in [0.5, 0.6) is 5.75 Å². The van der Waals surface area contributed by atoms with Crippen molar-refractivity contribution in [3.05, 3.63) is 65.6 Å². The van der Waals surface area contributed by atoms with Crippen LogP contribution in [-0.2, 0) is 13.1 Å². The molecular weight excluding hydrogens is 369 g/mol. The van der Waals surface area contributed by atoms with Gasteiger partial charge >= 0.3 is 0 Å². The van der Waals surface area contributed by atoms with Crippen LogP contribution < -0.4 is 4.74 Å². The maximum absolute atomic E-state index is 14.4. The summed E-state index contributed by atoms with van der Waals surface area (Å²) in [5, 5.41) is 10.8. The number of aliphatic hydroxyl groups excluding tert-OH is 1. The van der Waals surface area contributed by atoms with Crippen LogP contribution >= 0.6 is 0 Å². The van der Waals surface area contributed by atoms with E-state index in [0.29, 0.717) is 24.3 Å². The van der Waals surface area contributed by atoms with Crippen LogP contribution in [0.2, 0.25) is 0 Å². The third kappa shape index (κ3) is 4.45. The van der Waals surface area contributed by atoms with Gasteiger partial charge in [0.1, 0.15) is 11.6 Å². The van der Waals surface area contributed by atoms with E-state index < -0.39 is 0 Å². The lowest BCUT2D eigenvalue weighted by Gasteiger charge is -2.41. The minimum Gasteiger partial charge on any atom is -0.497 e. The standard InChI is InChI=1S/C23H28FN3O2/c1-29-20-7-6-17(22(24)12-20)15-27-10-9-26(16-19(27)8-11-28)14-18-13-25-23-5-3-2-4-21(18)23/h2-7,12-13,19,25,28H,8-11,14-16H2,1H3/t19-/m0/s1. The summed E-state index contributed by atoms with van der Waals surface area (Å²) in [5.74, 6) is 0.287. The molecule has 1 aromatic heterocycles. The number of fused-ring (bicyclic) bond motifs is 1. The average Bonchev–Trinajstić information content (AvgIpc) is 3.14. The van der Waals surface area contributed by atoms with Crippen molar-refractivity contribution in [1.29, 1.82) is 0 Å². The number of hydrogen-bond acceptors (Lipinski definition) is 4. The Morgan fingerprint density at radius 3 is 2.79 bits per heavy atom. The molecule has 2 heterocycles. The van der Waals surface area contributed by atoms with E-state index in [0.717, 1.165) is 31.7 Å². The second kappa shape index (κ2) is 8.95. The number of ether oxygens (including phenoxy) is 1. The number of aliphatic hydroxyl groups is 1. The summed E-state index contributed by atoms with van der Waals surface area (Å²) in [6.07, 6.45) is 2.77. The van der Waals surface area contributed by atoms with Crippen LogP contribution in [0.15, 0.2) is 48.7 Å². The summed E-state index contributed by atoms with van der Waals surface area (Å²) >= 11 is 0. The highest BCUT2D eigenvalue weighted by Gasteiger charge is 2.27. The second-order valence-electron chi connectivity index (χ2n) is 7.69. The largest absolute Gasteiger partial charge is 0.497 e. The molecule has 0 radical (unpaired) electrons. The molecule has 4 rings (SSSR count). The van der Waals surface area contributed by atoms with E-state index in [1.54, 1.807) is 19.2 Å². The van der Waals surface area contributed by atoms with Crippen LogP contribution in [0.4, 0.5) is 4.39 Å². The van der Waals surface area contributed by atoms with E-state index in [4.69, 9.17) is 4.74 Å². The Balaban J connectivity index is 1.44. The maximum atomic E-state index is 14.4.